The molecular formula is C23H24N2O. The molecule has 0 aliphatic carbocycles. The summed E-state index contributed by atoms with van der Waals surface area (Å²) in [5, 5.41) is 0. The average molecular weight is 344 g/mol. The van der Waals surface area contributed by atoms with E-state index in [0.29, 0.717) is 12.1 Å². The number of nitrogens with zero attached hydrogens (tertiary/aromatic N) is 2. The monoisotopic (exact) mass is 344 g/mol. The van der Waals surface area contributed by atoms with Crippen molar-refractivity contribution in [2.75, 3.05) is 4.90 Å². The van der Waals surface area contributed by atoms with E-state index in [1.807, 2.05) is 47.4 Å². The molecule has 3 rings (SSSR count). The van der Waals surface area contributed by atoms with Crippen LogP contribution in [0.4, 0.5) is 5.69 Å². The topological polar surface area (TPSA) is 33.2 Å². The molecule has 0 aliphatic heterocycles. The fourth-order valence-electron chi connectivity index (χ4n) is 2.84. The van der Waals surface area contributed by atoms with Crippen LogP contribution in [0.5, 0.6) is 0 Å². The van der Waals surface area contributed by atoms with Crippen LogP contribution < -0.4 is 4.90 Å². The fraction of sp³-hybridized carbons (Fsp3) is 0.217. The number of hydrogen-bond donors (Lipinski definition) is 0. The molecule has 0 fully saturated rings. The Morgan fingerprint density at radius 3 is 2.08 bits per heavy atom. The molecule has 0 aliphatic rings. The van der Waals surface area contributed by atoms with Gasteiger partial charge in [-0.05, 0) is 40.8 Å². The van der Waals surface area contributed by atoms with Gasteiger partial charge in [0.25, 0.3) is 5.91 Å². The predicted molar refractivity (Wildman–Crippen MR) is 106 cm³/mol. The largest absolute Gasteiger partial charge is 0.304 e. The molecular weight excluding hydrogens is 320 g/mol. The number of amides is 1. The zero-order valence-electron chi connectivity index (χ0n) is 15.5. The molecule has 1 amide bonds. The molecule has 1 heterocycles. The van der Waals surface area contributed by atoms with Gasteiger partial charge < -0.3 is 4.90 Å². The van der Waals surface area contributed by atoms with Crippen LogP contribution in [0.1, 0.15) is 42.3 Å². The summed E-state index contributed by atoms with van der Waals surface area (Å²) in [6.07, 6.45) is 3.30. The van der Waals surface area contributed by atoms with Crippen molar-refractivity contribution in [2.24, 2.45) is 0 Å². The fourth-order valence-corrected chi connectivity index (χ4v) is 2.84. The van der Waals surface area contributed by atoms with Crippen LogP contribution in [0.3, 0.4) is 0 Å². The minimum Gasteiger partial charge on any atom is -0.304 e. The average Bonchev–Trinajstić information content (AvgIpc) is 2.66. The molecule has 0 radical (unpaired) electrons. The Labute approximate surface area is 155 Å². The lowest BCUT2D eigenvalue weighted by molar-refractivity contribution is 0.0985. The van der Waals surface area contributed by atoms with Crippen LogP contribution in [0, 0.1) is 0 Å². The molecule has 2 aromatic carbocycles. The highest BCUT2D eigenvalue weighted by molar-refractivity contribution is 6.05. The van der Waals surface area contributed by atoms with Gasteiger partial charge in [-0.2, -0.15) is 0 Å². The van der Waals surface area contributed by atoms with Crippen molar-refractivity contribution in [2.45, 2.75) is 32.7 Å². The number of anilines is 1. The number of rotatable bonds is 4. The van der Waals surface area contributed by atoms with E-state index in [0.717, 1.165) is 11.3 Å². The Morgan fingerprint density at radius 2 is 1.50 bits per heavy atom. The van der Waals surface area contributed by atoms with Gasteiger partial charge in [0.1, 0.15) is 0 Å². The maximum atomic E-state index is 13.1. The first-order valence-electron chi connectivity index (χ1n) is 8.81. The van der Waals surface area contributed by atoms with E-state index in [4.69, 9.17) is 0 Å². The lowest BCUT2D eigenvalue weighted by Crippen LogP contribution is -2.30. The van der Waals surface area contributed by atoms with Crippen LogP contribution in [-0.2, 0) is 12.0 Å². The third kappa shape index (κ3) is 4.17. The first-order chi connectivity index (χ1) is 12.4. The summed E-state index contributed by atoms with van der Waals surface area (Å²) in [4.78, 5) is 19.0. The third-order valence-electron chi connectivity index (χ3n) is 4.40. The Balaban J connectivity index is 1.96. The molecule has 0 N–H and O–H groups in total. The van der Waals surface area contributed by atoms with Crippen LogP contribution in [0.25, 0.3) is 0 Å². The Hall–Kier alpha value is -2.94. The smallest absolute Gasteiger partial charge is 0.258 e. The number of carbonyl (C=O) groups excluding carboxylic acids is 1. The lowest BCUT2D eigenvalue weighted by Gasteiger charge is -2.25. The SMILES string of the molecule is CC(C)(C)c1ccc(N(Cc2ccccc2)C(=O)c2ccncc2)cc1. The second-order valence-electron chi connectivity index (χ2n) is 7.41. The maximum absolute atomic E-state index is 13.1. The van der Waals surface area contributed by atoms with Crippen molar-refractivity contribution in [3.63, 3.8) is 0 Å². The van der Waals surface area contributed by atoms with Crippen molar-refractivity contribution in [1.82, 2.24) is 4.98 Å². The Bertz CT molecular complexity index is 850. The molecule has 0 unspecified atom stereocenters. The number of carbonyl (C=O) groups is 1. The van der Waals surface area contributed by atoms with Crippen LogP contribution in [-0.4, -0.2) is 10.9 Å². The first kappa shape index (κ1) is 17.9. The van der Waals surface area contributed by atoms with E-state index < -0.39 is 0 Å². The Kier molecular flexibility index (Phi) is 5.17. The second-order valence-corrected chi connectivity index (χ2v) is 7.41. The zero-order valence-corrected chi connectivity index (χ0v) is 15.5. The summed E-state index contributed by atoms with van der Waals surface area (Å²) in [6, 6.07) is 21.8. The highest BCUT2D eigenvalue weighted by atomic mass is 16.2. The number of benzene rings is 2. The number of pyridine rings is 1. The van der Waals surface area contributed by atoms with Gasteiger partial charge in [-0.1, -0.05) is 63.2 Å². The summed E-state index contributed by atoms with van der Waals surface area (Å²) in [5.74, 6) is -0.0280. The van der Waals surface area contributed by atoms with Gasteiger partial charge in [-0.3, -0.25) is 9.78 Å². The van der Waals surface area contributed by atoms with Gasteiger partial charge >= 0.3 is 0 Å². The van der Waals surface area contributed by atoms with Crippen LogP contribution in [0.2, 0.25) is 0 Å². The summed E-state index contributed by atoms with van der Waals surface area (Å²) >= 11 is 0. The van der Waals surface area contributed by atoms with Crippen LogP contribution >= 0.6 is 0 Å². The van der Waals surface area contributed by atoms with Gasteiger partial charge in [-0.15, -0.1) is 0 Å². The van der Waals surface area contributed by atoms with Gasteiger partial charge in [0.2, 0.25) is 0 Å². The normalized spacial score (nSPS) is 11.2. The van der Waals surface area contributed by atoms with E-state index in [-0.39, 0.29) is 11.3 Å². The summed E-state index contributed by atoms with van der Waals surface area (Å²) in [5.41, 5.74) is 3.95. The molecule has 3 aromatic rings. The van der Waals surface area contributed by atoms with Gasteiger partial charge in [0.05, 0.1) is 6.54 Å². The highest BCUT2D eigenvalue weighted by Crippen LogP contribution is 2.26. The molecule has 26 heavy (non-hydrogen) atoms. The second kappa shape index (κ2) is 7.52. The summed E-state index contributed by atoms with van der Waals surface area (Å²) < 4.78 is 0. The third-order valence-corrected chi connectivity index (χ3v) is 4.40. The van der Waals surface area contributed by atoms with Gasteiger partial charge in [0, 0.05) is 23.6 Å². The summed E-state index contributed by atoms with van der Waals surface area (Å²) in [6.45, 7) is 7.08. The lowest BCUT2D eigenvalue weighted by atomic mass is 9.87. The summed E-state index contributed by atoms with van der Waals surface area (Å²) in [7, 11) is 0. The van der Waals surface area contributed by atoms with Crippen molar-refractivity contribution in [3.8, 4) is 0 Å². The number of hydrogen-bond acceptors (Lipinski definition) is 2. The van der Waals surface area contributed by atoms with Crippen molar-refractivity contribution in [3.05, 3.63) is 95.8 Å². The predicted octanol–water partition coefficient (Wildman–Crippen LogP) is 5.23. The van der Waals surface area contributed by atoms with Gasteiger partial charge in [-0.25, -0.2) is 0 Å². The standard InChI is InChI=1S/C23H24N2O/c1-23(2,3)20-9-11-21(12-10-20)25(17-18-7-5-4-6-8-18)22(26)19-13-15-24-16-14-19/h4-16H,17H2,1-3H3. The maximum Gasteiger partial charge on any atom is 0.258 e. The molecule has 0 atom stereocenters. The van der Waals surface area contributed by atoms with Crippen molar-refractivity contribution < 1.29 is 4.79 Å². The van der Waals surface area contributed by atoms with Gasteiger partial charge in [0.15, 0.2) is 0 Å². The quantitative estimate of drug-likeness (QED) is 0.649. The van der Waals surface area contributed by atoms with Crippen molar-refractivity contribution in [1.29, 1.82) is 0 Å². The number of aromatic nitrogens is 1. The molecule has 3 heteroatoms. The minimum atomic E-state index is -0.0280. The molecule has 132 valence electrons. The van der Waals surface area contributed by atoms with E-state index in [1.165, 1.54) is 5.56 Å². The molecule has 0 spiro atoms. The Morgan fingerprint density at radius 1 is 0.885 bits per heavy atom. The molecule has 1 aromatic heterocycles. The van der Waals surface area contributed by atoms with Crippen molar-refractivity contribution >= 4 is 11.6 Å². The first-order valence-corrected chi connectivity index (χ1v) is 8.81. The van der Waals surface area contributed by atoms with E-state index in [9.17, 15) is 4.79 Å². The highest BCUT2D eigenvalue weighted by Gasteiger charge is 2.19. The molecule has 0 saturated carbocycles. The van der Waals surface area contributed by atoms with E-state index in [1.54, 1.807) is 24.5 Å². The van der Waals surface area contributed by atoms with E-state index in [2.05, 4.69) is 37.9 Å². The zero-order chi connectivity index (χ0) is 18.6. The molecule has 0 bridgehead atoms. The van der Waals surface area contributed by atoms with E-state index >= 15 is 0 Å². The molecule has 0 saturated heterocycles. The van der Waals surface area contributed by atoms with Crippen LogP contribution in [0.15, 0.2) is 79.1 Å². The minimum absolute atomic E-state index is 0.0280. The molecule has 3 nitrogen and oxygen atoms in total.